The Morgan fingerprint density at radius 1 is 1.07 bits per heavy atom. The van der Waals surface area contributed by atoms with Crippen LogP contribution in [-0.2, 0) is 33.9 Å². The number of esters is 2. The van der Waals surface area contributed by atoms with Crippen molar-refractivity contribution in [1.29, 1.82) is 0 Å². The van der Waals surface area contributed by atoms with Crippen molar-refractivity contribution in [1.82, 2.24) is 0 Å². The van der Waals surface area contributed by atoms with Gasteiger partial charge in [0.05, 0.1) is 13.7 Å². The highest BCUT2D eigenvalue weighted by Gasteiger charge is 2.68. The van der Waals surface area contributed by atoms with Crippen LogP contribution in [0.15, 0.2) is 12.7 Å². The Kier molecular flexibility index (Phi) is 8.63. The van der Waals surface area contributed by atoms with Crippen LogP contribution in [0.5, 0.6) is 0 Å². The van der Waals surface area contributed by atoms with Crippen LogP contribution in [-0.4, -0.2) is 61.8 Å². The highest BCUT2D eigenvalue weighted by Crippen LogP contribution is 2.42. The number of hydrogen-bond acceptors (Lipinski definition) is 7. The van der Waals surface area contributed by atoms with Crippen LogP contribution >= 0.6 is 0 Å². The van der Waals surface area contributed by atoms with E-state index in [1.807, 2.05) is 0 Å². The van der Waals surface area contributed by atoms with E-state index in [-0.39, 0.29) is 6.08 Å². The van der Waals surface area contributed by atoms with E-state index >= 15 is 0 Å². The molecule has 0 aliphatic carbocycles. The van der Waals surface area contributed by atoms with Gasteiger partial charge in [0.15, 0.2) is 0 Å². The summed E-state index contributed by atoms with van der Waals surface area (Å²) in [5.74, 6) is -13.5. The molecule has 0 aliphatic heterocycles. The maximum Gasteiger partial charge on any atom is 0.468 e. The molecule has 1 atom stereocenters. The number of alkyl halides is 7. The number of carbonyl (C=O) groups excluding carboxylic acids is 2. The van der Waals surface area contributed by atoms with E-state index < -0.39 is 71.1 Å². The number of hydrogen-bond donors (Lipinski definition) is 1. The third kappa shape index (κ3) is 6.02. The third-order valence-corrected chi connectivity index (χ3v) is 4.13. The fourth-order valence-corrected chi connectivity index (χ4v) is 2.18. The van der Waals surface area contributed by atoms with Crippen molar-refractivity contribution in [3.05, 3.63) is 12.7 Å². The monoisotopic (exact) mass is 464 g/mol. The molecule has 16 heteroatoms. The molecule has 29 heavy (non-hydrogen) atoms. The average Bonchev–Trinajstić information content (AvgIpc) is 2.57. The van der Waals surface area contributed by atoms with Gasteiger partial charge in [-0.15, -0.1) is 0 Å². The molecule has 0 aliphatic rings. The number of ether oxygens (including phenoxy) is 3. The lowest BCUT2D eigenvalue weighted by Gasteiger charge is -2.31. The minimum Gasteiger partial charge on any atom is -0.464 e. The molecule has 0 heterocycles. The summed E-state index contributed by atoms with van der Waals surface area (Å²) in [6.45, 7) is 1.59. The Morgan fingerprint density at radius 2 is 1.59 bits per heavy atom. The predicted molar refractivity (Wildman–Crippen MR) is 78.3 cm³/mol. The van der Waals surface area contributed by atoms with Crippen molar-refractivity contribution < 1.29 is 67.5 Å². The van der Waals surface area contributed by atoms with E-state index in [2.05, 4.69) is 20.8 Å². The van der Waals surface area contributed by atoms with Gasteiger partial charge >= 0.3 is 45.2 Å². The van der Waals surface area contributed by atoms with Gasteiger partial charge in [0.1, 0.15) is 0 Å². The summed E-state index contributed by atoms with van der Waals surface area (Å²) in [5.41, 5.74) is 0. The number of unbranched alkanes of at least 4 members (excludes halogenated alkanes) is 1. The zero-order chi connectivity index (χ0) is 23.3. The predicted octanol–water partition coefficient (Wildman–Crippen LogP) is 2.45. The number of halogens is 7. The third-order valence-electron chi connectivity index (χ3n) is 3.18. The second-order valence-corrected chi connectivity index (χ2v) is 6.70. The summed E-state index contributed by atoms with van der Waals surface area (Å²) >= 11 is 0. The summed E-state index contributed by atoms with van der Waals surface area (Å²) in [6, 6.07) is 0. The molecule has 1 unspecified atom stereocenters. The largest absolute Gasteiger partial charge is 0.468 e. The van der Waals surface area contributed by atoms with Gasteiger partial charge < -0.3 is 14.2 Å². The van der Waals surface area contributed by atoms with Crippen LogP contribution in [0.2, 0.25) is 0 Å². The fourth-order valence-electron chi connectivity index (χ4n) is 1.70. The van der Waals surface area contributed by atoms with Gasteiger partial charge in [-0.3, -0.25) is 4.55 Å². The normalized spacial score (nSPS) is 15.3. The van der Waals surface area contributed by atoms with Crippen LogP contribution in [0.3, 0.4) is 0 Å². The quantitative estimate of drug-likeness (QED) is 0.124. The molecular formula is C13H15F7O8S. The van der Waals surface area contributed by atoms with Crippen molar-refractivity contribution in [3.63, 3.8) is 0 Å². The van der Waals surface area contributed by atoms with Crippen molar-refractivity contribution in [2.45, 2.75) is 42.4 Å². The van der Waals surface area contributed by atoms with E-state index in [0.29, 0.717) is 7.11 Å². The van der Waals surface area contributed by atoms with Gasteiger partial charge in [0.25, 0.3) is 0 Å². The molecule has 0 saturated heterocycles. The maximum absolute atomic E-state index is 13.3. The SMILES string of the molecule is C=CC(=O)OC(OCCCCC(F)(F)C(F)(F)S(=O)(=O)O)(C(=O)OC)C(F)(F)F. The molecular weight excluding hydrogens is 449 g/mol. The Bertz CT molecular complexity index is 719. The second kappa shape index (κ2) is 9.25. The molecule has 0 aromatic heterocycles. The molecule has 1 N–H and O–H groups in total. The highest BCUT2D eigenvalue weighted by molar-refractivity contribution is 7.87. The van der Waals surface area contributed by atoms with Crippen LogP contribution in [0.4, 0.5) is 30.7 Å². The first-order chi connectivity index (χ1) is 12.9. The Labute approximate surface area is 159 Å². The van der Waals surface area contributed by atoms with Crippen molar-refractivity contribution in [2.75, 3.05) is 13.7 Å². The lowest BCUT2D eigenvalue weighted by atomic mass is 10.1. The van der Waals surface area contributed by atoms with E-state index in [0.717, 1.165) is 0 Å². The first-order valence-electron chi connectivity index (χ1n) is 7.27. The number of methoxy groups -OCH3 is 1. The summed E-state index contributed by atoms with van der Waals surface area (Å²) in [4.78, 5) is 22.6. The standard InChI is InChI=1S/C13H15F7O8S/c1-3-8(21)28-11(9(22)26-2,12(16,17)18)27-7-5-4-6-10(14,15)13(19,20)29(23,24)25/h3H,1,4-7H2,2H3,(H,23,24,25). The lowest BCUT2D eigenvalue weighted by Crippen LogP contribution is -2.58. The molecule has 0 rings (SSSR count). The summed E-state index contributed by atoms with van der Waals surface area (Å²) in [6.07, 6.45) is -9.21. The van der Waals surface area contributed by atoms with Gasteiger partial charge in [0, 0.05) is 12.5 Å². The molecule has 8 nitrogen and oxygen atoms in total. The van der Waals surface area contributed by atoms with E-state index in [1.54, 1.807) is 0 Å². The van der Waals surface area contributed by atoms with Gasteiger partial charge in [-0.05, 0) is 12.8 Å². The fraction of sp³-hybridized carbons (Fsp3) is 0.692. The first-order valence-corrected chi connectivity index (χ1v) is 8.71. The first kappa shape index (κ1) is 27.1. The zero-order valence-corrected chi connectivity index (χ0v) is 15.3. The van der Waals surface area contributed by atoms with Crippen LogP contribution in [0.25, 0.3) is 0 Å². The Balaban J connectivity index is 5.25. The van der Waals surface area contributed by atoms with Crippen molar-refractivity contribution in [3.8, 4) is 0 Å². The minimum absolute atomic E-state index is 0.255. The van der Waals surface area contributed by atoms with Crippen molar-refractivity contribution >= 4 is 22.1 Å². The van der Waals surface area contributed by atoms with Gasteiger partial charge in [-0.1, -0.05) is 6.58 Å². The molecule has 170 valence electrons. The number of rotatable bonds is 11. The van der Waals surface area contributed by atoms with Crippen molar-refractivity contribution in [2.24, 2.45) is 0 Å². The van der Waals surface area contributed by atoms with E-state index in [4.69, 9.17) is 4.55 Å². The summed E-state index contributed by atoms with van der Waals surface area (Å²) in [7, 11) is -5.98. The minimum atomic E-state index is -6.47. The zero-order valence-electron chi connectivity index (χ0n) is 14.5. The van der Waals surface area contributed by atoms with Crippen LogP contribution in [0.1, 0.15) is 19.3 Å². The molecule has 0 amide bonds. The maximum atomic E-state index is 13.3. The van der Waals surface area contributed by atoms with Gasteiger partial charge in [-0.2, -0.15) is 39.2 Å². The van der Waals surface area contributed by atoms with E-state index in [1.165, 1.54) is 0 Å². The Hall–Kier alpha value is -1.94. The molecule has 0 spiro atoms. The van der Waals surface area contributed by atoms with Crippen LogP contribution < -0.4 is 0 Å². The Morgan fingerprint density at radius 3 is 1.97 bits per heavy atom. The number of carbonyl (C=O) groups is 2. The molecule has 0 radical (unpaired) electrons. The molecule has 0 saturated carbocycles. The smallest absolute Gasteiger partial charge is 0.464 e. The molecule has 0 bridgehead atoms. The van der Waals surface area contributed by atoms with E-state index in [9.17, 15) is 48.7 Å². The molecule has 0 fully saturated rings. The van der Waals surface area contributed by atoms with Gasteiger partial charge in [0.2, 0.25) is 0 Å². The summed E-state index contributed by atoms with van der Waals surface area (Å²) in [5, 5.41) is -5.85. The lowest BCUT2D eigenvalue weighted by molar-refractivity contribution is -0.353. The summed E-state index contributed by atoms with van der Waals surface area (Å²) < 4.78 is 133. The second-order valence-electron chi connectivity index (χ2n) is 5.23. The average molecular weight is 464 g/mol. The highest BCUT2D eigenvalue weighted by atomic mass is 32.2. The van der Waals surface area contributed by atoms with Gasteiger partial charge in [-0.25, -0.2) is 9.59 Å². The molecule has 0 aromatic rings. The molecule has 0 aromatic carbocycles. The topological polar surface area (TPSA) is 116 Å². The van der Waals surface area contributed by atoms with Crippen LogP contribution in [0, 0.1) is 0 Å².